The lowest BCUT2D eigenvalue weighted by molar-refractivity contribution is -0.171. The second-order valence-corrected chi connectivity index (χ2v) is 15.3. The van der Waals surface area contributed by atoms with Crippen LogP contribution in [0.1, 0.15) is 93.4 Å². The molecule has 3 saturated carbocycles. The van der Waals surface area contributed by atoms with Gasteiger partial charge >= 0.3 is 5.97 Å². The third-order valence-corrected chi connectivity index (χ3v) is 13.0. The minimum absolute atomic E-state index is 0.0487. The zero-order chi connectivity index (χ0) is 26.0. The summed E-state index contributed by atoms with van der Waals surface area (Å²) < 4.78 is 0.610. The fourth-order valence-electron chi connectivity index (χ4n) is 9.82. The molecule has 0 bridgehead atoms. The number of hydrogen-bond donors (Lipinski definition) is 1. The number of halogens is 1. The van der Waals surface area contributed by atoms with Gasteiger partial charge in [-0.3, -0.25) is 14.4 Å². The van der Waals surface area contributed by atoms with Gasteiger partial charge in [0.05, 0.1) is 9.90 Å². The highest BCUT2D eigenvalue weighted by Gasteiger charge is 2.70. The number of allylic oxidation sites excluding steroid dienone is 4. The van der Waals surface area contributed by atoms with Gasteiger partial charge in [0.2, 0.25) is 0 Å². The van der Waals surface area contributed by atoms with E-state index in [2.05, 4.69) is 49.7 Å². The Labute approximate surface area is 218 Å². The summed E-state index contributed by atoms with van der Waals surface area (Å²) in [5, 5.41) is 10.1. The van der Waals surface area contributed by atoms with Gasteiger partial charge in [-0.25, -0.2) is 0 Å². The SMILES string of the molecule is CC1(C)C(=O)C(Br)=C[C@]2(C)[C@H]3C(=O)C=C4[C@@H]5C[C@@](C)(C(=O)O)CC[C@]5(C)CC[C@@]4(C)[C@]3(C)CC[C@@H]12. The minimum Gasteiger partial charge on any atom is -0.481 e. The summed E-state index contributed by atoms with van der Waals surface area (Å²) in [7, 11) is 0. The predicted molar refractivity (Wildman–Crippen MR) is 140 cm³/mol. The third-order valence-electron chi connectivity index (χ3n) is 12.4. The number of aliphatic carboxylic acids is 1. The normalized spacial score (nSPS) is 50.7. The van der Waals surface area contributed by atoms with Crippen LogP contribution in [0.2, 0.25) is 0 Å². The molecule has 0 aromatic rings. The Morgan fingerprint density at radius 3 is 2.23 bits per heavy atom. The molecule has 0 aliphatic heterocycles. The van der Waals surface area contributed by atoms with E-state index in [9.17, 15) is 19.5 Å². The Hall–Kier alpha value is -1.23. The van der Waals surface area contributed by atoms with Crippen LogP contribution >= 0.6 is 15.9 Å². The molecule has 5 aliphatic carbocycles. The molecule has 0 radical (unpaired) electrons. The van der Waals surface area contributed by atoms with Gasteiger partial charge in [0, 0.05) is 16.7 Å². The largest absolute Gasteiger partial charge is 0.481 e. The minimum atomic E-state index is -0.741. The van der Waals surface area contributed by atoms with Gasteiger partial charge < -0.3 is 5.11 Å². The Balaban J connectivity index is 1.67. The van der Waals surface area contributed by atoms with Crippen molar-refractivity contribution >= 4 is 33.5 Å². The molecule has 0 unspecified atom stereocenters. The lowest BCUT2D eigenvalue weighted by atomic mass is 9.34. The fraction of sp³-hybridized carbons (Fsp3) is 0.767. The summed E-state index contributed by atoms with van der Waals surface area (Å²) in [5.41, 5.74) is -0.800. The van der Waals surface area contributed by atoms with Crippen molar-refractivity contribution in [1.29, 1.82) is 0 Å². The molecule has 0 amide bonds. The van der Waals surface area contributed by atoms with Crippen LogP contribution in [0.4, 0.5) is 0 Å². The van der Waals surface area contributed by atoms with Crippen LogP contribution in [0.3, 0.4) is 0 Å². The van der Waals surface area contributed by atoms with E-state index in [-0.39, 0.29) is 45.6 Å². The molecule has 4 nitrogen and oxygen atoms in total. The second-order valence-electron chi connectivity index (χ2n) is 14.5. The number of carboxylic acid groups (broad SMARTS) is 1. The smallest absolute Gasteiger partial charge is 0.309 e. The molecule has 1 N–H and O–H groups in total. The molecule has 3 fully saturated rings. The fourth-order valence-corrected chi connectivity index (χ4v) is 10.8. The van der Waals surface area contributed by atoms with Crippen LogP contribution in [0, 0.1) is 50.2 Å². The van der Waals surface area contributed by atoms with Crippen molar-refractivity contribution in [3.05, 3.63) is 22.2 Å². The number of carboxylic acids is 1. The Morgan fingerprint density at radius 2 is 1.60 bits per heavy atom. The molecule has 0 heterocycles. The maximum absolute atomic E-state index is 14.2. The molecule has 192 valence electrons. The number of carbonyl (C=O) groups excluding carboxylic acids is 2. The number of hydrogen-bond acceptors (Lipinski definition) is 3. The van der Waals surface area contributed by atoms with Crippen molar-refractivity contribution in [3.8, 4) is 0 Å². The van der Waals surface area contributed by atoms with Crippen molar-refractivity contribution in [2.75, 3.05) is 0 Å². The molecule has 0 aromatic heterocycles. The summed E-state index contributed by atoms with van der Waals surface area (Å²) in [6.45, 7) is 15.2. The van der Waals surface area contributed by atoms with Gasteiger partial charge in [-0.1, -0.05) is 53.2 Å². The van der Waals surface area contributed by atoms with Crippen LogP contribution in [0.5, 0.6) is 0 Å². The summed E-state index contributed by atoms with van der Waals surface area (Å²) in [4.78, 5) is 39.6. The quantitative estimate of drug-likeness (QED) is 0.381. The summed E-state index contributed by atoms with van der Waals surface area (Å²) >= 11 is 3.57. The second kappa shape index (κ2) is 7.20. The molecule has 8 atom stereocenters. The first-order chi connectivity index (χ1) is 16.0. The van der Waals surface area contributed by atoms with Crippen LogP contribution in [-0.2, 0) is 14.4 Å². The van der Waals surface area contributed by atoms with Crippen LogP contribution in [0.25, 0.3) is 0 Å². The first kappa shape index (κ1) is 25.4. The lowest BCUT2D eigenvalue weighted by Gasteiger charge is -2.69. The Morgan fingerprint density at radius 1 is 0.971 bits per heavy atom. The number of Topliss-reactive ketones (excluding diaryl/α,β-unsaturated/α-hetero) is 1. The van der Waals surface area contributed by atoms with Gasteiger partial charge in [-0.2, -0.15) is 0 Å². The van der Waals surface area contributed by atoms with Crippen molar-refractivity contribution in [2.45, 2.75) is 93.4 Å². The first-order valence-corrected chi connectivity index (χ1v) is 14.2. The zero-order valence-electron chi connectivity index (χ0n) is 22.4. The zero-order valence-corrected chi connectivity index (χ0v) is 24.0. The summed E-state index contributed by atoms with van der Waals surface area (Å²) in [6, 6.07) is 0. The van der Waals surface area contributed by atoms with Gasteiger partial charge in [0.25, 0.3) is 0 Å². The summed E-state index contributed by atoms with van der Waals surface area (Å²) in [6.07, 6.45) is 10.2. The third kappa shape index (κ3) is 3.00. The molecule has 0 spiro atoms. The van der Waals surface area contributed by atoms with E-state index < -0.39 is 22.2 Å². The van der Waals surface area contributed by atoms with Gasteiger partial charge in [-0.05, 0) is 102 Å². The van der Waals surface area contributed by atoms with Gasteiger partial charge in [0.15, 0.2) is 11.6 Å². The van der Waals surface area contributed by atoms with Crippen molar-refractivity contribution in [3.63, 3.8) is 0 Å². The van der Waals surface area contributed by atoms with E-state index in [0.29, 0.717) is 17.3 Å². The van der Waals surface area contributed by atoms with E-state index in [4.69, 9.17) is 0 Å². The van der Waals surface area contributed by atoms with E-state index in [1.807, 2.05) is 26.8 Å². The number of fused-ring (bicyclic) bond motifs is 7. The first-order valence-electron chi connectivity index (χ1n) is 13.4. The maximum Gasteiger partial charge on any atom is 0.309 e. The van der Waals surface area contributed by atoms with Crippen molar-refractivity contribution in [2.24, 2.45) is 50.2 Å². The predicted octanol–water partition coefficient (Wildman–Crippen LogP) is 7.12. The van der Waals surface area contributed by atoms with Crippen LogP contribution in [-0.4, -0.2) is 22.6 Å². The van der Waals surface area contributed by atoms with E-state index in [1.165, 1.54) is 5.57 Å². The topological polar surface area (TPSA) is 71.4 Å². The molecular weight excluding hydrogens is 504 g/mol. The number of rotatable bonds is 1. The molecule has 5 heteroatoms. The lowest BCUT2D eigenvalue weighted by Crippen LogP contribution is -2.65. The molecule has 0 saturated heterocycles. The molecule has 5 aliphatic rings. The van der Waals surface area contributed by atoms with E-state index >= 15 is 0 Å². The monoisotopic (exact) mass is 544 g/mol. The van der Waals surface area contributed by atoms with Gasteiger partial charge in [-0.15, -0.1) is 0 Å². The van der Waals surface area contributed by atoms with E-state index in [0.717, 1.165) is 32.1 Å². The van der Waals surface area contributed by atoms with Crippen molar-refractivity contribution < 1.29 is 19.5 Å². The maximum atomic E-state index is 14.2. The Kier molecular flexibility index (Phi) is 5.23. The highest BCUT2D eigenvalue weighted by atomic mass is 79.9. The molecule has 35 heavy (non-hydrogen) atoms. The molecule has 0 aromatic carbocycles. The highest BCUT2D eigenvalue weighted by Crippen LogP contribution is 2.74. The van der Waals surface area contributed by atoms with Crippen LogP contribution in [0.15, 0.2) is 22.2 Å². The summed E-state index contributed by atoms with van der Waals surface area (Å²) in [5.74, 6) is -0.353. The average molecular weight is 546 g/mol. The van der Waals surface area contributed by atoms with Gasteiger partial charge in [0.1, 0.15) is 0 Å². The number of carbonyl (C=O) groups is 3. The van der Waals surface area contributed by atoms with E-state index in [1.54, 1.807) is 0 Å². The highest BCUT2D eigenvalue weighted by molar-refractivity contribution is 9.12. The average Bonchev–Trinajstić information content (AvgIpc) is 2.74. The molecule has 5 rings (SSSR count). The number of ketones is 2. The van der Waals surface area contributed by atoms with Crippen LogP contribution < -0.4 is 0 Å². The van der Waals surface area contributed by atoms with Crippen molar-refractivity contribution in [1.82, 2.24) is 0 Å². The molecular formula is C30H41BrO4. The standard InChI is InChI=1S/C30H41BrO4/c1-25(2)21-8-9-30(7)22(28(21,5)16-19(31)23(25)33)20(32)14-17-18-15-27(4,24(34)35)11-10-26(18,3)12-13-29(17,30)6/h14,16,18,21-22H,8-13,15H2,1-7H3,(H,34,35)/t18-,21-,22+,26+,27-,28-,29+,30+/m0/s1. The Bertz CT molecular complexity index is 1100.